The SMILES string of the molecule is Cc1ccsc1CN(CC(=O)Nc1nncs1)C(C)C. The Morgan fingerprint density at radius 1 is 1.45 bits per heavy atom. The Morgan fingerprint density at radius 3 is 2.80 bits per heavy atom. The Hall–Kier alpha value is -1.31. The molecular weight excluding hydrogens is 292 g/mol. The van der Waals surface area contributed by atoms with Gasteiger partial charge in [0.25, 0.3) is 0 Å². The highest BCUT2D eigenvalue weighted by Gasteiger charge is 2.16. The van der Waals surface area contributed by atoms with Crippen LogP contribution in [0.4, 0.5) is 5.13 Å². The third-order valence-electron chi connectivity index (χ3n) is 3.00. The molecule has 0 aromatic carbocycles. The smallest absolute Gasteiger partial charge is 0.240 e. The quantitative estimate of drug-likeness (QED) is 0.891. The highest BCUT2D eigenvalue weighted by molar-refractivity contribution is 7.13. The Bertz CT molecular complexity index is 550. The number of hydrogen-bond acceptors (Lipinski definition) is 6. The summed E-state index contributed by atoms with van der Waals surface area (Å²) in [4.78, 5) is 15.5. The molecule has 2 heterocycles. The molecule has 0 unspecified atom stereocenters. The fourth-order valence-electron chi connectivity index (χ4n) is 1.74. The molecule has 0 aliphatic carbocycles. The van der Waals surface area contributed by atoms with E-state index in [2.05, 4.69) is 52.6 Å². The summed E-state index contributed by atoms with van der Waals surface area (Å²) in [5.41, 5.74) is 2.88. The van der Waals surface area contributed by atoms with Crippen LogP contribution in [0.2, 0.25) is 0 Å². The van der Waals surface area contributed by atoms with Crippen LogP contribution in [-0.2, 0) is 11.3 Å². The molecule has 0 spiro atoms. The second-order valence-electron chi connectivity index (χ2n) is 4.82. The van der Waals surface area contributed by atoms with Crippen molar-refractivity contribution in [3.05, 3.63) is 27.4 Å². The van der Waals surface area contributed by atoms with Gasteiger partial charge in [0.05, 0.1) is 6.54 Å². The van der Waals surface area contributed by atoms with E-state index in [0.717, 1.165) is 6.54 Å². The largest absolute Gasteiger partial charge is 0.299 e. The van der Waals surface area contributed by atoms with Crippen molar-refractivity contribution >= 4 is 33.7 Å². The number of hydrogen-bond donors (Lipinski definition) is 1. The number of amides is 1. The highest BCUT2D eigenvalue weighted by atomic mass is 32.1. The lowest BCUT2D eigenvalue weighted by atomic mass is 10.2. The van der Waals surface area contributed by atoms with Crippen LogP contribution in [0.15, 0.2) is 17.0 Å². The van der Waals surface area contributed by atoms with Gasteiger partial charge in [-0.3, -0.25) is 15.0 Å². The number of nitrogens with zero attached hydrogens (tertiary/aromatic N) is 3. The van der Waals surface area contributed by atoms with Crippen LogP contribution in [-0.4, -0.2) is 33.6 Å². The number of nitrogens with one attached hydrogen (secondary N) is 1. The van der Waals surface area contributed by atoms with Crippen LogP contribution in [0, 0.1) is 6.92 Å². The molecule has 0 radical (unpaired) electrons. The summed E-state index contributed by atoms with van der Waals surface area (Å²) in [6.45, 7) is 7.45. The Morgan fingerprint density at radius 2 is 2.25 bits per heavy atom. The van der Waals surface area contributed by atoms with Crippen molar-refractivity contribution in [3.8, 4) is 0 Å². The molecule has 2 aromatic rings. The predicted molar refractivity (Wildman–Crippen MR) is 83.1 cm³/mol. The van der Waals surface area contributed by atoms with Gasteiger partial charge < -0.3 is 0 Å². The van der Waals surface area contributed by atoms with Crippen molar-refractivity contribution in [1.82, 2.24) is 15.1 Å². The maximum atomic E-state index is 12.0. The summed E-state index contributed by atoms with van der Waals surface area (Å²) in [6, 6.07) is 2.41. The van der Waals surface area contributed by atoms with Crippen LogP contribution in [0.5, 0.6) is 0 Å². The number of aryl methyl sites for hydroxylation is 1. The predicted octanol–water partition coefficient (Wildman–Crippen LogP) is 2.76. The summed E-state index contributed by atoms with van der Waals surface area (Å²) in [5, 5.41) is 12.9. The van der Waals surface area contributed by atoms with Crippen LogP contribution < -0.4 is 5.32 Å². The molecule has 0 atom stereocenters. The summed E-state index contributed by atoms with van der Waals surface area (Å²) in [5.74, 6) is -0.0512. The lowest BCUT2D eigenvalue weighted by Gasteiger charge is -2.25. The molecule has 5 nitrogen and oxygen atoms in total. The van der Waals surface area contributed by atoms with E-state index >= 15 is 0 Å². The summed E-state index contributed by atoms with van der Waals surface area (Å²) in [6.07, 6.45) is 0. The molecule has 20 heavy (non-hydrogen) atoms. The monoisotopic (exact) mass is 310 g/mol. The first-order valence-corrected chi connectivity index (χ1v) is 8.15. The van der Waals surface area contributed by atoms with Gasteiger partial charge >= 0.3 is 0 Å². The number of aromatic nitrogens is 2. The normalized spacial score (nSPS) is 11.2. The topological polar surface area (TPSA) is 58.1 Å². The van der Waals surface area contributed by atoms with Gasteiger partial charge in [0.15, 0.2) is 0 Å². The summed E-state index contributed by atoms with van der Waals surface area (Å²) >= 11 is 3.06. The van der Waals surface area contributed by atoms with Gasteiger partial charge in [-0.15, -0.1) is 21.5 Å². The number of anilines is 1. The number of carbonyl (C=O) groups excluding carboxylic acids is 1. The third kappa shape index (κ3) is 4.09. The van der Waals surface area contributed by atoms with Gasteiger partial charge in [-0.25, -0.2) is 0 Å². The van der Waals surface area contributed by atoms with Gasteiger partial charge in [-0.2, -0.15) is 0 Å². The zero-order valence-electron chi connectivity index (χ0n) is 11.8. The van der Waals surface area contributed by atoms with Crippen molar-refractivity contribution in [2.45, 2.75) is 33.4 Å². The molecule has 0 aliphatic rings. The Labute approximate surface area is 126 Å². The molecule has 0 saturated carbocycles. The molecular formula is C13H18N4OS2. The highest BCUT2D eigenvalue weighted by Crippen LogP contribution is 2.19. The van der Waals surface area contributed by atoms with E-state index < -0.39 is 0 Å². The van der Waals surface area contributed by atoms with Gasteiger partial charge in [0.1, 0.15) is 5.51 Å². The van der Waals surface area contributed by atoms with Gasteiger partial charge in [-0.05, 0) is 37.8 Å². The average Bonchev–Trinajstić information content (AvgIpc) is 3.01. The van der Waals surface area contributed by atoms with Crippen molar-refractivity contribution in [3.63, 3.8) is 0 Å². The van der Waals surface area contributed by atoms with E-state index in [1.165, 1.54) is 21.8 Å². The molecule has 0 saturated heterocycles. The van der Waals surface area contributed by atoms with Crippen molar-refractivity contribution in [2.75, 3.05) is 11.9 Å². The summed E-state index contributed by atoms with van der Waals surface area (Å²) < 4.78 is 0. The fraction of sp³-hybridized carbons (Fsp3) is 0.462. The van der Waals surface area contributed by atoms with E-state index in [1.807, 2.05) is 0 Å². The second kappa shape index (κ2) is 6.92. The third-order valence-corrected chi connectivity index (χ3v) is 4.61. The lowest BCUT2D eigenvalue weighted by Crippen LogP contribution is -2.37. The maximum Gasteiger partial charge on any atom is 0.240 e. The fourth-order valence-corrected chi connectivity index (χ4v) is 3.13. The molecule has 7 heteroatoms. The van der Waals surface area contributed by atoms with Gasteiger partial charge in [0.2, 0.25) is 11.0 Å². The molecule has 1 amide bonds. The van der Waals surface area contributed by atoms with Crippen LogP contribution in [0.1, 0.15) is 24.3 Å². The first-order chi connectivity index (χ1) is 9.56. The van der Waals surface area contributed by atoms with E-state index in [-0.39, 0.29) is 5.91 Å². The lowest BCUT2D eigenvalue weighted by molar-refractivity contribution is -0.117. The molecule has 0 fully saturated rings. The Kier molecular flexibility index (Phi) is 5.22. The van der Waals surface area contributed by atoms with E-state index in [9.17, 15) is 4.79 Å². The first kappa shape index (κ1) is 15.1. The minimum atomic E-state index is -0.0512. The molecule has 0 bridgehead atoms. The molecule has 2 aromatic heterocycles. The minimum absolute atomic E-state index is 0.0512. The average molecular weight is 310 g/mol. The molecule has 108 valence electrons. The minimum Gasteiger partial charge on any atom is -0.299 e. The van der Waals surface area contributed by atoms with Crippen LogP contribution in [0.3, 0.4) is 0 Å². The van der Waals surface area contributed by atoms with Crippen molar-refractivity contribution < 1.29 is 4.79 Å². The zero-order valence-corrected chi connectivity index (χ0v) is 13.4. The van der Waals surface area contributed by atoms with Gasteiger partial charge in [-0.1, -0.05) is 11.3 Å². The van der Waals surface area contributed by atoms with Crippen LogP contribution in [0.25, 0.3) is 0 Å². The Balaban J connectivity index is 1.95. The van der Waals surface area contributed by atoms with Crippen molar-refractivity contribution in [1.29, 1.82) is 0 Å². The molecule has 0 aliphatic heterocycles. The molecule has 1 N–H and O–H groups in total. The first-order valence-electron chi connectivity index (χ1n) is 6.39. The zero-order chi connectivity index (χ0) is 14.5. The number of rotatable bonds is 6. The van der Waals surface area contributed by atoms with E-state index in [4.69, 9.17) is 0 Å². The number of thiophene rings is 1. The van der Waals surface area contributed by atoms with Crippen LogP contribution >= 0.6 is 22.7 Å². The van der Waals surface area contributed by atoms with E-state index in [0.29, 0.717) is 17.7 Å². The van der Waals surface area contributed by atoms with Crippen molar-refractivity contribution in [2.24, 2.45) is 0 Å². The molecule has 2 rings (SSSR count). The second-order valence-corrected chi connectivity index (χ2v) is 6.65. The standard InChI is InChI=1S/C13H18N4OS2/c1-9(2)17(6-11-10(3)4-5-19-11)7-12(18)15-13-16-14-8-20-13/h4-5,8-9H,6-7H2,1-3H3,(H,15,16,18). The maximum absolute atomic E-state index is 12.0. The number of carbonyl (C=O) groups is 1. The van der Waals surface area contributed by atoms with E-state index in [1.54, 1.807) is 16.8 Å². The summed E-state index contributed by atoms with van der Waals surface area (Å²) in [7, 11) is 0. The van der Waals surface area contributed by atoms with Gasteiger partial charge in [0, 0.05) is 17.5 Å².